The van der Waals surface area contributed by atoms with Crippen molar-refractivity contribution in [3.8, 4) is 11.5 Å². The fraction of sp³-hybridized carbons (Fsp3) is 0.364. The van der Waals surface area contributed by atoms with Gasteiger partial charge in [-0.1, -0.05) is 12.1 Å². The Bertz CT molecular complexity index is 1000. The molecule has 0 N–H and O–H groups in total. The highest BCUT2D eigenvalue weighted by Crippen LogP contribution is 2.50. The first kappa shape index (κ1) is 18.8. The molecule has 2 heterocycles. The third-order valence-electron chi connectivity index (χ3n) is 5.99. The molecule has 30 heavy (non-hydrogen) atoms. The molecule has 3 aliphatic rings. The maximum Gasteiger partial charge on any atom is 0.259 e. The Labute approximate surface area is 172 Å². The normalized spacial score (nSPS) is 22.2. The van der Waals surface area contributed by atoms with Crippen LogP contribution in [0.15, 0.2) is 36.4 Å². The lowest BCUT2D eigenvalue weighted by Gasteiger charge is -2.35. The standard InChI is InChI=1S/C22H20F2N2O4/c23-16-2-1-3-17(24)20(16)22(28)26-8-6-25(7-9-26)21(27)15-11-14(15)13-4-5-18-19(10-13)30-12-29-18/h1-5,10,14-15H,6-9,11-12H2. The number of nitrogens with zero attached hydrogens (tertiary/aromatic N) is 2. The highest BCUT2D eigenvalue weighted by atomic mass is 19.1. The molecule has 0 aromatic heterocycles. The van der Waals surface area contributed by atoms with Crippen LogP contribution in [-0.4, -0.2) is 54.6 Å². The third kappa shape index (κ3) is 3.26. The lowest BCUT2D eigenvalue weighted by Crippen LogP contribution is -2.51. The van der Waals surface area contributed by atoms with E-state index in [-0.39, 0.29) is 37.6 Å². The van der Waals surface area contributed by atoms with Gasteiger partial charge in [0.15, 0.2) is 11.5 Å². The van der Waals surface area contributed by atoms with Crippen molar-refractivity contribution >= 4 is 11.8 Å². The van der Waals surface area contributed by atoms with Crippen molar-refractivity contribution in [3.05, 3.63) is 59.2 Å². The second-order valence-electron chi connectivity index (χ2n) is 7.78. The molecule has 1 saturated heterocycles. The van der Waals surface area contributed by atoms with Gasteiger partial charge < -0.3 is 19.3 Å². The van der Waals surface area contributed by atoms with E-state index in [4.69, 9.17) is 9.47 Å². The molecule has 2 aromatic rings. The van der Waals surface area contributed by atoms with Crippen molar-refractivity contribution in [3.63, 3.8) is 0 Å². The lowest BCUT2D eigenvalue weighted by molar-refractivity contribution is -0.134. The molecular formula is C22H20F2N2O4. The maximum atomic E-state index is 13.9. The summed E-state index contributed by atoms with van der Waals surface area (Å²) in [5.74, 6) is -0.876. The summed E-state index contributed by atoms with van der Waals surface area (Å²) in [6.07, 6.45) is 0.776. The van der Waals surface area contributed by atoms with E-state index in [0.29, 0.717) is 24.6 Å². The number of carbonyl (C=O) groups is 2. The van der Waals surface area contributed by atoms with Gasteiger partial charge in [-0.05, 0) is 42.2 Å². The van der Waals surface area contributed by atoms with Gasteiger partial charge in [0.05, 0.1) is 0 Å². The minimum Gasteiger partial charge on any atom is -0.454 e. The van der Waals surface area contributed by atoms with Crippen molar-refractivity contribution in [2.45, 2.75) is 12.3 Å². The molecule has 5 rings (SSSR count). The van der Waals surface area contributed by atoms with Crippen molar-refractivity contribution < 1.29 is 27.8 Å². The summed E-state index contributed by atoms with van der Waals surface area (Å²) in [6.45, 7) is 1.42. The van der Waals surface area contributed by atoms with Crippen LogP contribution in [0.2, 0.25) is 0 Å². The zero-order valence-electron chi connectivity index (χ0n) is 16.1. The van der Waals surface area contributed by atoms with Gasteiger partial charge in [-0.25, -0.2) is 8.78 Å². The molecule has 1 saturated carbocycles. The highest BCUT2D eigenvalue weighted by Gasteiger charge is 2.46. The van der Waals surface area contributed by atoms with E-state index in [9.17, 15) is 18.4 Å². The first-order valence-electron chi connectivity index (χ1n) is 9.94. The van der Waals surface area contributed by atoms with Crippen LogP contribution < -0.4 is 9.47 Å². The fourth-order valence-corrected chi connectivity index (χ4v) is 4.20. The number of hydrogen-bond acceptors (Lipinski definition) is 4. The van der Waals surface area contributed by atoms with E-state index in [0.717, 1.165) is 24.1 Å². The molecule has 1 aliphatic carbocycles. The Morgan fingerprint density at radius 1 is 0.900 bits per heavy atom. The molecule has 8 heteroatoms. The molecule has 2 unspecified atom stereocenters. The summed E-state index contributed by atoms with van der Waals surface area (Å²) >= 11 is 0. The number of carbonyl (C=O) groups excluding carboxylic acids is 2. The van der Waals surface area contributed by atoms with Gasteiger partial charge in [0, 0.05) is 32.1 Å². The van der Waals surface area contributed by atoms with Crippen molar-refractivity contribution in [2.24, 2.45) is 5.92 Å². The fourth-order valence-electron chi connectivity index (χ4n) is 4.20. The van der Waals surface area contributed by atoms with Crippen LogP contribution in [0.25, 0.3) is 0 Å². The Kier molecular flexibility index (Phi) is 4.56. The van der Waals surface area contributed by atoms with E-state index < -0.39 is 23.1 Å². The minimum atomic E-state index is -0.872. The second kappa shape index (κ2) is 7.27. The molecule has 0 radical (unpaired) electrons. The molecule has 2 fully saturated rings. The highest BCUT2D eigenvalue weighted by molar-refractivity contribution is 5.95. The first-order chi connectivity index (χ1) is 14.5. The topological polar surface area (TPSA) is 59.1 Å². The third-order valence-corrected chi connectivity index (χ3v) is 5.99. The van der Waals surface area contributed by atoms with Gasteiger partial charge in [0.1, 0.15) is 17.2 Å². The summed E-state index contributed by atoms with van der Waals surface area (Å²) < 4.78 is 38.5. The second-order valence-corrected chi connectivity index (χ2v) is 7.78. The minimum absolute atomic E-state index is 0.0573. The number of halogens is 2. The first-order valence-corrected chi connectivity index (χ1v) is 9.94. The van der Waals surface area contributed by atoms with Crippen molar-refractivity contribution in [1.29, 1.82) is 0 Å². The predicted octanol–water partition coefficient (Wildman–Crippen LogP) is 2.78. The lowest BCUT2D eigenvalue weighted by atomic mass is 10.1. The summed E-state index contributed by atoms with van der Waals surface area (Å²) in [7, 11) is 0. The molecule has 0 spiro atoms. The molecule has 2 aromatic carbocycles. The molecule has 6 nitrogen and oxygen atoms in total. The SMILES string of the molecule is O=C(c1c(F)cccc1F)N1CCN(C(=O)C2CC2c2ccc3c(c2)OCO3)CC1. The zero-order chi connectivity index (χ0) is 20.8. The van der Waals surface area contributed by atoms with E-state index in [1.54, 1.807) is 4.90 Å². The summed E-state index contributed by atoms with van der Waals surface area (Å²) in [5.41, 5.74) is 0.517. The number of piperazine rings is 1. The van der Waals surface area contributed by atoms with Crippen LogP contribution in [0, 0.1) is 17.6 Å². The number of fused-ring (bicyclic) bond motifs is 1. The number of benzene rings is 2. The van der Waals surface area contributed by atoms with Gasteiger partial charge in [-0.3, -0.25) is 9.59 Å². The van der Waals surface area contributed by atoms with Gasteiger partial charge in [0.25, 0.3) is 5.91 Å². The average Bonchev–Trinajstić information content (AvgIpc) is 3.42. The van der Waals surface area contributed by atoms with E-state index in [1.165, 1.54) is 11.0 Å². The van der Waals surface area contributed by atoms with E-state index in [1.807, 2.05) is 18.2 Å². The van der Waals surface area contributed by atoms with Crippen molar-refractivity contribution in [2.75, 3.05) is 33.0 Å². The summed E-state index contributed by atoms with van der Waals surface area (Å²) in [6, 6.07) is 9.12. The van der Waals surface area contributed by atoms with Gasteiger partial charge in [-0.15, -0.1) is 0 Å². The Morgan fingerprint density at radius 3 is 2.30 bits per heavy atom. The van der Waals surface area contributed by atoms with Crippen LogP contribution in [0.4, 0.5) is 8.78 Å². The van der Waals surface area contributed by atoms with Crippen LogP contribution in [0.5, 0.6) is 11.5 Å². The Morgan fingerprint density at radius 2 is 1.57 bits per heavy atom. The summed E-state index contributed by atoms with van der Waals surface area (Å²) in [4.78, 5) is 28.5. The van der Waals surface area contributed by atoms with Crippen LogP contribution in [-0.2, 0) is 4.79 Å². The van der Waals surface area contributed by atoms with E-state index in [2.05, 4.69) is 0 Å². The number of hydrogen-bond donors (Lipinski definition) is 0. The Balaban J connectivity index is 1.19. The maximum absolute atomic E-state index is 13.9. The Hall–Kier alpha value is -3.16. The molecular weight excluding hydrogens is 394 g/mol. The van der Waals surface area contributed by atoms with Crippen LogP contribution in [0.1, 0.15) is 28.3 Å². The van der Waals surface area contributed by atoms with Crippen LogP contribution in [0.3, 0.4) is 0 Å². The van der Waals surface area contributed by atoms with Gasteiger partial charge in [0.2, 0.25) is 12.7 Å². The molecule has 2 amide bonds. The average molecular weight is 414 g/mol. The quantitative estimate of drug-likeness (QED) is 0.775. The zero-order valence-corrected chi connectivity index (χ0v) is 16.1. The van der Waals surface area contributed by atoms with Crippen LogP contribution >= 0.6 is 0 Å². The molecule has 2 atom stereocenters. The smallest absolute Gasteiger partial charge is 0.259 e. The van der Waals surface area contributed by atoms with E-state index >= 15 is 0 Å². The monoisotopic (exact) mass is 414 g/mol. The number of ether oxygens (including phenoxy) is 2. The predicted molar refractivity (Wildman–Crippen MR) is 102 cm³/mol. The summed E-state index contributed by atoms with van der Waals surface area (Å²) in [5, 5.41) is 0. The van der Waals surface area contributed by atoms with Crippen molar-refractivity contribution in [1.82, 2.24) is 9.80 Å². The molecule has 0 bridgehead atoms. The largest absolute Gasteiger partial charge is 0.454 e. The van der Waals surface area contributed by atoms with Gasteiger partial charge in [-0.2, -0.15) is 0 Å². The number of amides is 2. The number of rotatable bonds is 3. The van der Waals surface area contributed by atoms with Gasteiger partial charge >= 0.3 is 0 Å². The molecule has 2 aliphatic heterocycles. The molecule has 156 valence electrons.